The smallest absolute Gasteiger partial charge is 0.274 e. The molecular formula is C15H22N4O3. The van der Waals surface area contributed by atoms with Crippen LogP contribution in [0, 0.1) is 5.41 Å². The number of β-amino-alcohol motifs (C(OH)–C–C–N with tert-alkyl or cyclic N) is 1. The third-order valence-electron chi connectivity index (χ3n) is 4.01. The Labute approximate surface area is 131 Å². The second-order valence-electron chi connectivity index (χ2n) is 7.11. The topological polar surface area (TPSA) is 84.9 Å². The lowest BCUT2D eigenvalue weighted by molar-refractivity contribution is -0.129. The molecule has 22 heavy (non-hydrogen) atoms. The number of carbonyl (C=O) groups is 2. The first-order chi connectivity index (χ1) is 10.6. The molecule has 2 amide bonds. The molecule has 0 bridgehead atoms. The van der Waals surface area contributed by atoms with Crippen LogP contribution in [0.1, 0.15) is 27.7 Å². The number of fused-ring (bicyclic) bond motifs is 1. The molecule has 2 atom stereocenters. The third kappa shape index (κ3) is 2.30. The highest BCUT2D eigenvalue weighted by molar-refractivity contribution is 6.10. The minimum atomic E-state index is -0.660. The highest BCUT2D eigenvalue weighted by Gasteiger charge is 2.45. The molecule has 3 rings (SSSR count). The van der Waals surface area contributed by atoms with Gasteiger partial charge in [-0.2, -0.15) is 0 Å². The fourth-order valence-electron chi connectivity index (χ4n) is 2.77. The molecule has 0 radical (unpaired) electrons. The normalized spacial score (nSPS) is 27.6. The molecule has 120 valence electrons. The Hall–Kier alpha value is -1.86. The molecule has 7 nitrogen and oxygen atoms in total. The van der Waals surface area contributed by atoms with Gasteiger partial charge in [0.05, 0.1) is 24.3 Å². The minimum Gasteiger partial charge on any atom is -0.392 e. The van der Waals surface area contributed by atoms with E-state index in [-0.39, 0.29) is 42.1 Å². The van der Waals surface area contributed by atoms with Crippen LogP contribution in [-0.4, -0.2) is 52.1 Å². The number of nitrogens with zero attached hydrogens (tertiary/aromatic N) is 2. The van der Waals surface area contributed by atoms with Crippen molar-refractivity contribution in [2.45, 2.75) is 39.8 Å². The van der Waals surface area contributed by atoms with E-state index in [1.54, 1.807) is 13.0 Å². The molecule has 0 fully saturated rings. The van der Waals surface area contributed by atoms with Crippen molar-refractivity contribution in [2.24, 2.45) is 5.41 Å². The van der Waals surface area contributed by atoms with Crippen molar-refractivity contribution in [3.63, 3.8) is 0 Å². The molecule has 3 aliphatic rings. The predicted octanol–water partition coefficient (Wildman–Crippen LogP) is -0.330. The van der Waals surface area contributed by atoms with Crippen LogP contribution in [0.25, 0.3) is 0 Å². The highest BCUT2D eigenvalue weighted by atomic mass is 16.3. The third-order valence-corrected chi connectivity index (χ3v) is 4.01. The molecule has 1 unspecified atom stereocenters. The standard InChI is InChI=1S/C15H22N4O3/c1-8(20)6-18-7-9-12(14(18)22)16-11-5-10(15(2,3)4)17-19(11)13(9)21/h5,8,10,16-17,20H,6-7H2,1-4H3/t8-,10?/m0/s1/i/hD. The lowest BCUT2D eigenvalue weighted by Crippen LogP contribution is -2.50. The summed E-state index contributed by atoms with van der Waals surface area (Å²) in [6, 6.07) is -0.266. The zero-order valence-electron chi connectivity index (χ0n) is 14.3. The van der Waals surface area contributed by atoms with Gasteiger partial charge in [0.1, 0.15) is 12.9 Å². The molecule has 3 N–H and O–H groups in total. The first kappa shape index (κ1) is 13.8. The molecule has 0 aromatic carbocycles. The van der Waals surface area contributed by atoms with Gasteiger partial charge in [-0.15, -0.1) is 0 Å². The molecule has 0 aromatic rings. The van der Waals surface area contributed by atoms with Crippen LogP contribution >= 0.6 is 0 Å². The van der Waals surface area contributed by atoms with Crippen molar-refractivity contribution < 1.29 is 16.1 Å². The zero-order valence-corrected chi connectivity index (χ0v) is 13.3. The maximum atomic E-state index is 12.7. The van der Waals surface area contributed by atoms with Gasteiger partial charge >= 0.3 is 0 Å². The Balaban J connectivity index is 1.89. The van der Waals surface area contributed by atoms with Gasteiger partial charge in [0.2, 0.25) is 0 Å². The summed E-state index contributed by atoms with van der Waals surface area (Å²) in [5.41, 5.74) is 1.55. The van der Waals surface area contributed by atoms with Crippen molar-refractivity contribution in [2.75, 3.05) is 13.1 Å². The molecule has 0 saturated heterocycles. The monoisotopic (exact) mass is 307 g/mol. The molecular weight excluding hydrogens is 284 g/mol. The number of hydrazine groups is 1. The summed E-state index contributed by atoms with van der Waals surface area (Å²) < 4.78 is 8.25. The van der Waals surface area contributed by atoms with Crippen molar-refractivity contribution in [3.05, 3.63) is 23.2 Å². The first-order valence-electron chi connectivity index (χ1n) is 7.87. The fourth-order valence-corrected chi connectivity index (χ4v) is 2.77. The van der Waals surface area contributed by atoms with Crippen LogP contribution in [0.3, 0.4) is 0 Å². The molecule has 3 heterocycles. The van der Waals surface area contributed by atoms with E-state index in [4.69, 9.17) is 1.41 Å². The second kappa shape index (κ2) is 4.82. The lowest BCUT2D eigenvalue weighted by atomic mass is 9.87. The number of hydrogen-bond acceptors (Lipinski definition) is 5. The van der Waals surface area contributed by atoms with Crippen molar-refractivity contribution in [3.8, 4) is 0 Å². The minimum absolute atomic E-state index is 0.155. The van der Waals surface area contributed by atoms with Crippen LogP contribution in [0.2, 0.25) is 1.41 Å². The maximum absolute atomic E-state index is 12.7. The largest absolute Gasteiger partial charge is 0.392 e. The Bertz CT molecular complexity index is 635. The number of hydrogen-bond donors (Lipinski definition) is 3. The van der Waals surface area contributed by atoms with Gasteiger partial charge in [0.25, 0.3) is 11.8 Å². The number of rotatable bonds is 2. The van der Waals surface area contributed by atoms with Gasteiger partial charge in [-0.25, -0.2) is 10.4 Å². The molecule has 0 saturated carbocycles. The maximum Gasteiger partial charge on any atom is 0.274 e. The summed E-state index contributed by atoms with van der Waals surface area (Å²) in [4.78, 5) is 26.6. The quantitative estimate of drug-likeness (QED) is 0.650. The first-order valence-corrected chi connectivity index (χ1v) is 7.43. The van der Waals surface area contributed by atoms with E-state index in [9.17, 15) is 14.7 Å². The SMILES string of the molecule is [2H]N1C(C(C)(C)C)C=C2NC3=C(CN(C[C@H](C)O)C3=O)C(=O)N21. The zero-order chi connectivity index (χ0) is 17.1. The Morgan fingerprint density at radius 1 is 1.45 bits per heavy atom. The van der Waals surface area contributed by atoms with E-state index in [0.717, 1.165) is 5.42 Å². The molecule has 7 heteroatoms. The highest BCUT2D eigenvalue weighted by Crippen LogP contribution is 2.32. The van der Waals surface area contributed by atoms with Crippen LogP contribution in [0.15, 0.2) is 23.2 Å². The predicted molar refractivity (Wildman–Crippen MR) is 79.7 cm³/mol. The lowest BCUT2D eigenvalue weighted by Gasteiger charge is -2.30. The molecule has 3 aliphatic heterocycles. The van der Waals surface area contributed by atoms with Gasteiger partial charge in [-0.1, -0.05) is 20.8 Å². The number of nitrogens with one attached hydrogen (secondary N) is 2. The van der Waals surface area contributed by atoms with Crippen molar-refractivity contribution in [1.82, 2.24) is 20.6 Å². The summed E-state index contributed by atoms with van der Waals surface area (Å²) in [6.45, 7) is 7.92. The Morgan fingerprint density at radius 3 is 2.73 bits per heavy atom. The van der Waals surface area contributed by atoms with Gasteiger partial charge in [-0.3, -0.25) is 9.59 Å². The van der Waals surface area contributed by atoms with Crippen LogP contribution in [-0.2, 0) is 9.59 Å². The number of carbonyl (C=O) groups excluding carboxylic acids is 2. The number of amides is 2. The van der Waals surface area contributed by atoms with Crippen molar-refractivity contribution in [1.29, 1.82) is 0 Å². The summed E-state index contributed by atoms with van der Waals surface area (Å²) in [5.74, 6) is -0.186. The van der Waals surface area contributed by atoms with E-state index in [1.807, 2.05) is 20.8 Å². The van der Waals surface area contributed by atoms with Crippen LogP contribution < -0.4 is 10.7 Å². The van der Waals surface area contributed by atoms with E-state index in [2.05, 4.69) is 5.32 Å². The summed E-state index contributed by atoms with van der Waals surface area (Å²) in [5, 5.41) is 13.8. The average Bonchev–Trinajstić information content (AvgIpc) is 2.90. The Morgan fingerprint density at radius 2 is 2.14 bits per heavy atom. The van der Waals surface area contributed by atoms with Crippen LogP contribution in [0.5, 0.6) is 0 Å². The second-order valence-corrected chi connectivity index (χ2v) is 7.11. The fraction of sp³-hybridized carbons (Fsp3) is 0.600. The van der Waals surface area contributed by atoms with E-state index >= 15 is 0 Å². The summed E-state index contributed by atoms with van der Waals surface area (Å²) in [7, 11) is 0. The summed E-state index contributed by atoms with van der Waals surface area (Å²) in [6.07, 6.45) is 1.15. The number of aliphatic hydroxyl groups excluding tert-OH is 1. The number of aliphatic hydroxyl groups is 1. The molecule has 0 aliphatic carbocycles. The van der Waals surface area contributed by atoms with Crippen molar-refractivity contribution >= 4 is 11.8 Å². The summed E-state index contributed by atoms with van der Waals surface area (Å²) >= 11 is 0. The molecule has 0 aromatic heterocycles. The van der Waals surface area contributed by atoms with E-state index < -0.39 is 6.10 Å². The van der Waals surface area contributed by atoms with Gasteiger partial charge in [-0.05, 0) is 18.4 Å². The van der Waals surface area contributed by atoms with Gasteiger partial charge < -0.3 is 15.3 Å². The van der Waals surface area contributed by atoms with Crippen LogP contribution in [0.4, 0.5) is 0 Å². The average molecular weight is 307 g/mol. The Kier molecular flexibility index (Phi) is 3.02. The van der Waals surface area contributed by atoms with Gasteiger partial charge in [0, 0.05) is 6.54 Å². The van der Waals surface area contributed by atoms with E-state index in [1.165, 1.54) is 9.91 Å². The molecule has 0 spiro atoms. The van der Waals surface area contributed by atoms with Gasteiger partial charge in [0.15, 0.2) is 0 Å². The van der Waals surface area contributed by atoms with E-state index in [0.29, 0.717) is 11.4 Å².